The van der Waals surface area contributed by atoms with Crippen LogP contribution in [0.25, 0.3) is 11.3 Å². The molecule has 0 aliphatic heterocycles. The first-order chi connectivity index (χ1) is 9.51. The fourth-order valence-corrected chi connectivity index (χ4v) is 2.58. The lowest BCUT2D eigenvalue weighted by molar-refractivity contribution is 0.423. The van der Waals surface area contributed by atoms with E-state index < -0.39 is 0 Å². The fourth-order valence-electron chi connectivity index (χ4n) is 2.58. The molecule has 0 aliphatic carbocycles. The molecule has 1 N–H and O–H groups in total. The van der Waals surface area contributed by atoms with Crippen LogP contribution < -0.4 is 0 Å². The molecule has 0 saturated carbocycles. The minimum absolute atomic E-state index is 0.112. The standard InChI is InChI=1S/C18H26N2O/c1-17(2,3)13-10-12(15-8-9-19-20(15)7)11-14(16(13)21)18(4,5)6/h8-11,21H,1-7H3. The highest BCUT2D eigenvalue weighted by Crippen LogP contribution is 2.41. The molecular weight excluding hydrogens is 260 g/mol. The Bertz CT molecular complexity index is 620. The molecule has 3 heteroatoms. The van der Waals surface area contributed by atoms with Gasteiger partial charge in [0.05, 0.1) is 5.69 Å². The molecule has 114 valence electrons. The van der Waals surface area contributed by atoms with Gasteiger partial charge in [-0.05, 0) is 29.0 Å². The second kappa shape index (κ2) is 4.90. The van der Waals surface area contributed by atoms with E-state index in [9.17, 15) is 5.11 Å². The van der Waals surface area contributed by atoms with Crippen molar-refractivity contribution in [2.45, 2.75) is 52.4 Å². The van der Waals surface area contributed by atoms with Gasteiger partial charge in [0, 0.05) is 29.9 Å². The van der Waals surface area contributed by atoms with E-state index >= 15 is 0 Å². The Labute approximate surface area is 127 Å². The van der Waals surface area contributed by atoms with Crippen molar-refractivity contribution in [2.75, 3.05) is 0 Å². The van der Waals surface area contributed by atoms with Crippen molar-refractivity contribution in [3.63, 3.8) is 0 Å². The van der Waals surface area contributed by atoms with Crippen molar-refractivity contribution in [1.82, 2.24) is 9.78 Å². The first kappa shape index (κ1) is 15.6. The maximum absolute atomic E-state index is 10.7. The molecule has 0 radical (unpaired) electrons. The van der Waals surface area contributed by atoms with Crippen molar-refractivity contribution in [3.8, 4) is 17.0 Å². The van der Waals surface area contributed by atoms with E-state index in [4.69, 9.17) is 0 Å². The third-order valence-electron chi connectivity index (χ3n) is 3.84. The number of phenols is 1. The Morgan fingerprint density at radius 2 is 1.43 bits per heavy atom. The van der Waals surface area contributed by atoms with Gasteiger partial charge in [-0.2, -0.15) is 5.10 Å². The van der Waals surface area contributed by atoms with Gasteiger partial charge in [0.2, 0.25) is 0 Å². The van der Waals surface area contributed by atoms with E-state index in [1.54, 1.807) is 6.20 Å². The highest BCUT2D eigenvalue weighted by molar-refractivity contribution is 5.66. The van der Waals surface area contributed by atoms with Crippen LogP contribution in [0.2, 0.25) is 0 Å². The average Bonchev–Trinajstić information content (AvgIpc) is 2.72. The van der Waals surface area contributed by atoms with E-state index in [0.29, 0.717) is 5.75 Å². The van der Waals surface area contributed by atoms with E-state index in [1.807, 2.05) is 17.8 Å². The molecule has 21 heavy (non-hydrogen) atoms. The van der Waals surface area contributed by atoms with Gasteiger partial charge in [0.15, 0.2) is 0 Å². The number of hydrogen-bond donors (Lipinski definition) is 1. The Morgan fingerprint density at radius 1 is 0.952 bits per heavy atom. The summed E-state index contributed by atoms with van der Waals surface area (Å²) >= 11 is 0. The molecular formula is C18H26N2O. The van der Waals surface area contributed by atoms with Crippen LogP contribution in [0.5, 0.6) is 5.75 Å². The van der Waals surface area contributed by atoms with Gasteiger partial charge >= 0.3 is 0 Å². The van der Waals surface area contributed by atoms with Crippen LogP contribution in [0.3, 0.4) is 0 Å². The van der Waals surface area contributed by atoms with E-state index in [-0.39, 0.29) is 10.8 Å². The number of benzene rings is 1. The molecule has 0 bridgehead atoms. The molecule has 2 rings (SSSR count). The summed E-state index contributed by atoms with van der Waals surface area (Å²) in [5.41, 5.74) is 3.89. The monoisotopic (exact) mass is 286 g/mol. The maximum Gasteiger partial charge on any atom is 0.123 e. The van der Waals surface area contributed by atoms with E-state index in [0.717, 1.165) is 22.4 Å². The van der Waals surface area contributed by atoms with Gasteiger partial charge in [0.1, 0.15) is 5.75 Å². The number of aryl methyl sites for hydroxylation is 1. The zero-order valence-electron chi connectivity index (χ0n) is 14.2. The Balaban J connectivity index is 2.78. The lowest BCUT2D eigenvalue weighted by Crippen LogP contribution is -2.17. The molecule has 3 nitrogen and oxygen atoms in total. The molecule has 1 heterocycles. The molecule has 0 spiro atoms. The molecule has 0 aliphatic rings. The van der Waals surface area contributed by atoms with Gasteiger partial charge < -0.3 is 5.11 Å². The number of rotatable bonds is 1. The summed E-state index contributed by atoms with van der Waals surface area (Å²) in [5.74, 6) is 0.418. The average molecular weight is 286 g/mol. The quantitative estimate of drug-likeness (QED) is 0.844. The van der Waals surface area contributed by atoms with Gasteiger partial charge in [0.25, 0.3) is 0 Å². The Morgan fingerprint density at radius 3 is 1.76 bits per heavy atom. The second-order valence-corrected chi connectivity index (χ2v) is 7.76. The molecule has 0 atom stereocenters. The fraction of sp³-hybridized carbons (Fsp3) is 0.500. The van der Waals surface area contributed by atoms with Gasteiger partial charge in [-0.3, -0.25) is 4.68 Å². The van der Waals surface area contributed by atoms with E-state index in [2.05, 4.69) is 58.8 Å². The predicted octanol–water partition coefficient (Wildman–Crippen LogP) is 4.39. The maximum atomic E-state index is 10.7. The number of nitrogens with zero attached hydrogens (tertiary/aromatic N) is 2. The number of aromatic nitrogens is 2. The van der Waals surface area contributed by atoms with Crippen LogP contribution in [-0.2, 0) is 17.9 Å². The lowest BCUT2D eigenvalue weighted by Gasteiger charge is -2.28. The van der Waals surface area contributed by atoms with Crippen LogP contribution in [-0.4, -0.2) is 14.9 Å². The van der Waals surface area contributed by atoms with Gasteiger partial charge in [-0.15, -0.1) is 0 Å². The first-order valence-corrected chi connectivity index (χ1v) is 7.38. The molecule has 0 saturated heterocycles. The lowest BCUT2D eigenvalue weighted by atomic mass is 9.78. The van der Waals surface area contributed by atoms with Crippen LogP contribution in [0.4, 0.5) is 0 Å². The third kappa shape index (κ3) is 2.97. The minimum atomic E-state index is -0.112. The molecule has 1 aromatic heterocycles. The Hall–Kier alpha value is -1.77. The molecule has 0 amide bonds. The highest BCUT2D eigenvalue weighted by atomic mass is 16.3. The highest BCUT2D eigenvalue weighted by Gasteiger charge is 2.27. The van der Waals surface area contributed by atoms with Crippen LogP contribution in [0, 0.1) is 0 Å². The van der Waals surface area contributed by atoms with Gasteiger partial charge in [-0.1, -0.05) is 41.5 Å². The topological polar surface area (TPSA) is 38.0 Å². The van der Waals surface area contributed by atoms with Crippen molar-refractivity contribution in [2.24, 2.45) is 7.05 Å². The van der Waals surface area contributed by atoms with Crippen LogP contribution in [0.1, 0.15) is 52.7 Å². The summed E-state index contributed by atoms with van der Waals surface area (Å²) in [7, 11) is 1.94. The third-order valence-corrected chi connectivity index (χ3v) is 3.84. The van der Waals surface area contributed by atoms with Crippen LogP contribution in [0.15, 0.2) is 24.4 Å². The molecule has 0 fully saturated rings. The Kier molecular flexibility index (Phi) is 3.64. The zero-order chi connectivity index (χ0) is 16.0. The summed E-state index contributed by atoms with van der Waals surface area (Å²) in [6.07, 6.45) is 1.80. The molecule has 1 aromatic carbocycles. The summed E-state index contributed by atoms with van der Waals surface area (Å²) < 4.78 is 1.87. The molecule has 2 aromatic rings. The second-order valence-electron chi connectivity index (χ2n) is 7.76. The number of aromatic hydroxyl groups is 1. The summed E-state index contributed by atoms with van der Waals surface area (Å²) in [5, 5.41) is 15.0. The first-order valence-electron chi connectivity index (χ1n) is 7.38. The van der Waals surface area contributed by atoms with Crippen molar-refractivity contribution >= 4 is 0 Å². The zero-order valence-corrected chi connectivity index (χ0v) is 14.2. The summed E-state index contributed by atoms with van der Waals surface area (Å²) in [6.45, 7) is 12.8. The number of phenolic OH excluding ortho intramolecular Hbond substituents is 1. The SMILES string of the molecule is Cn1nccc1-c1cc(C(C)(C)C)c(O)c(C(C)(C)C)c1. The van der Waals surface area contributed by atoms with E-state index in [1.165, 1.54) is 0 Å². The minimum Gasteiger partial charge on any atom is -0.507 e. The molecule has 0 unspecified atom stereocenters. The smallest absolute Gasteiger partial charge is 0.123 e. The van der Waals surface area contributed by atoms with Gasteiger partial charge in [-0.25, -0.2) is 0 Å². The number of hydrogen-bond acceptors (Lipinski definition) is 2. The van der Waals surface area contributed by atoms with Crippen molar-refractivity contribution in [3.05, 3.63) is 35.5 Å². The van der Waals surface area contributed by atoms with Crippen molar-refractivity contribution in [1.29, 1.82) is 0 Å². The summed E-state index contributed by atoms with van der Waals surface area (Å²) in [4.78, 5) is 0. The van der Waals surface area contributed by atoms with Crippen molar-refractivity contribution < 1.29 is 5.11 Å². The largest absolute Gasteiger partial charge is 0.507 e. The van der Waals surface area contributed by atoms with Crippen LogP contribution >= 0.6 is 0 Å². The predicted molar refractivity (Wildman–Crippen MR) is 87.7 cm³/mol. The summed E-state index contributed by atoms with van der Waals surface area (Å²) in [6, 6.07) is 6.18. The normalized spacial score (nSPS) is 12.7.